The number of likely N-dealkylation sites (N-methyl/N-ethyl adjacent to an activating group) is 2. The SMILES string of the molecule is C.C.CCCCN(CCNC)CCNC.CNC12CC3(NC)CC(NC)(C1)CC(NC)(C2)C3.CNC1CC(NC)CC(NC)C1.CNC1CCN(c2nc(N3CCC(NC)CC3)nc(N3CCC(NC)CC3)n2)CC1.CNCC(CNC)(CNC)CNC.CNCC(CNC)CNC.CNCCCN(C)c1nc(N(C)CCCNC)nc(N(C)CCCNC)n1.CNCCCOc1cc(OCCCNC)cc(OCCCNC)c1. The Bertz CT molecular complexity index is 3160. The molecule has 3 saturated heterocycles. The Hall–Kier alpha value is -5.60. The Morgan fingerprint density at radius 2 is 0.544 bits per heavy atom. The van der Waals surface area contributed by atoms with Crippen molar-refractivity contribution >= 4 is 35.7 Å². The highest BCUT2D eigenvalue weighted by molar-refractivity contribution is 5.49. The van der Waals surface area contributed by atoms with Crippen LogP contribution in [0, 0.1) is 11.3 Å². The fraction of sp³-hybridized carbons (Fsp3) is 0.889. The lowest BCUT2D eigenvalue weighted by molar-refractivity contribution is -0.0953. The molecule has 0 amide bonds. The zero-order chi connectivity index (χ0) is 108. The molecule has 5 aliphatic carbocycles. The molecule has 0 atom stereocenters. The Kier molecular flexibility index (Phi) is 80.3. The van der Waals surface area contributed by atoms with Gasteiger partial charge in [-0.2, -0.15) is 29.9 Å². The number of anilines is 6. The minimum absolute atomic E-state index is 0. The average Bonchev–Trinajstić information content (AvgIpc) is 0.687. The molecule has 0 spiro atoms. The molecule has 0 unspecified atom stereocenters. The van der Waals surface area contributed by atoms with Crippen molar-refractivity contribution in [2.24, 2.45) is 11.3 Å². The molecule has 3 aliphatic heterocycles. The monoisotopic (exact) mass is 2110 g/mol. The summed E-state index contributed by atoms with van der Waals surface area (Å²) in [5.74, 6) is 7.83. The minimum Gasteiger partial charge on any atom is -0.493 e. The highest BCUT2D eigenvalue weighted by Gasteiger charge is 2.67. The number of nitrogens with one attached hydrogen (secondary N) is 25. The number of aromatic nitrogens is 6. The topological polar surface area (TPSA) is 428 Å². The van der Waals surface area contributed by atoms with Gasteiger partial charge in [-0.3, -0.25) is 0 Å². The van der Waals surface area contributed by atoms with E-state index < -0.39 is 0 Å². The van der Waals surface area contributed by atoms with Crippen molar-refractivity contribution in [3.63, 3.8) is 0 Å². The molecule has 2 aromatic heterocycles. The first kappa shape index (κ1) is 141. The highest BCUT2D eigenvalue weighted by Crippen LogP contribution is 2.60. The third-order valence-electron chi connectivity index (χ3n) is 29.9. The van der Waals surface area contributed by atoms with Gasteiger partial charge in [0, 0.05) is 234 Å². The van der Waals surface area contributed by atoms with E-state index in [1.165, 1.54) is 77.2 Å². The first-order valence-corrected chi connectivity index (χ1v) is 56.4. The lowest BCUT2D eigenvalue weighted by Crippen LogP contribution is -2.81. The van der Waals surface area contributed by atoms with Crippen molar-refractivity contribution in [1.82, 2.24) is 168 Å². The molecule has 41 nitrogen and oxygen atoms in total. The van der Waals surface area contributed by atoms with Gasteiger partial charge in [0.2, 0.25) is 35.7 Å². The van der Waals surface area contributed by atoms with E-state index in [4.69, 9.17) is 44.1 Å². The number of hydrogen-bond acceptors (Lipinski definition) is 41. The summed E-state index contributed by atoms with van der Waals surface area (Å²) in [5, 5.41) is 82.7. The van der Waals surface area contributed by atoms with Crippen LogP contribution in [0.1, 0.15) is 169 Å². The number of nitrogens with zero attached hydrogens (tertiary/aromatic N) is 13. The molecule has 25 N–H and O–H groups in total. The van der Waals surface area contributed by atoms with E-state index in [9.17, 15) is 0 Å². The van der Waals surface area contributed by atoms with Crippen molar-refractivity contribution in [2.45, 2.75) is 228 Å². The molecule has 876 valence electrons. The fourth-order valence-electron chi connectivity index (χ4n) is 21.6. The number of ether oxygens (including phenoxy) is 3. The molecular weight excluding hydrogens is 1880 g/mol. The predicted molar refractivity (Wildman–Crippen MR) is 640 cm³/mol. The number of unbranched alkanes of at least 4 members (excludes halogenated alkanes) is 1. The molecule has 4 bridgehead atoms. The minimum atomic E-state index is 0. The van der Waals surface area contributed by atoms with E-state index >= 15 is 0 Å². The van der Waals surface area contributed by atoms with Gasteiger partial charge in [-0.05, 0) is 369 Å². The predicted octanol–water partition coefficient (Wildman–Crippen LogP) is 2.14. The van der Waals surface area contributed by atoms with Crippen LogP contribution in [0.15, 0.2) is 18.2 Å². The van der Waals surface area contributed by atoms with Gasteiger partial charge in [0.05, 0.1) is 19.8 Å². The Labute approximate surface area is 910 Å². The van der Waals surface area contributed by atoms with Crippen LogP contribution in [0.2, 0.25) is 0 Å². The summed E-state index contributed by atoms with van der Waals surface area (Å²) in [6, 6.07) is 9.61. The van der Waals surface area contributed by atoms with E-state index in [2.05, 4.69) is 245 Å². The van der Waals surface area contributed by atoms with Crippen LogP contribution in [0.4, 0.5) is 35.7 Å². The normalized spacial score (nSPS) is 20.5. The maximum Gasteiger partial charge on any atom is 0.231 e. The highest BCUT2D eigenvalue weighted by atomic mass is 16.5. The summed E-state index contributed by atoms with van der Waals surface area (Å²) in [7, 11) is 56.7. The second-order valence-corrected chi connectivity index (χ2v) is 41.7. The second kappa shape index (κ2) is 84.6. The average molecular weight is 2120 g/mol. The molecule has 5 saturated carbocycles. The summed E-state index contributed by atoms with van der Waals surface area (Å²) in [5.41, 5.74) is 1.44. The van der Waals surface area contributed by atoms with Crippen LogP contribution in [-0.4, -0.2) is 487 Å². The third kappa shape index (κ3) is 54.8. The lowest BCUT2D eigenvalue weighted by Gasteiger charge is -2.70. The molecule has 1 aromatic carbocycles. The first-order valence-electron chi connectivity index (χ1n) is 56.4. The molecular formula is C108H236N38O3. The molecule has 8 aliphatic rings. The van der Waals surface area contributed by atoms with Crippen LogP contribution < -0.4 is 177 Å². The maximum absolute atomic E-state index is 5.82. The van der Waals surface area contributed by atoms with Crippen LogP contribution in [-0.2, 0) is 0 Å². The molecule has 3 aromatic rings. The molecule has 5 heterocycles. The lowest BCUT2D eigenvalue weighted by atomic mass is 9.44. The Morgan fingerprint density at radius 3 is 0.752 bits per heavy atom. The number of piperidine rings is 3. The molecule has 0 radical (unpaired) electrons. The van der Waals surface area contributed by atoms with Crippen molar-refractivity contribution in [1.29, 1.82) is 0 Å². The largest absolute Gasteiger partial charge is 0.493 e. The quantitative estimate of drug-likeness (QED) is 0.0360. The standard InChI is InChI=1S/C21H39N9.C18H39N9.C18H33N3O3.C14H28N4.C10H25N3.C9H24N4.C9H21N3.C7H19N3.2CH4/c1-22-16-4-10-28(11-5-16)19-25-20(29-12-6-17(23-2)7-13-29)27-21(26-19)30-14-8-18(24-3)9-15-30;1-19-10-7-13-25(4)16-22-17(26(5)14-8-11-20-2)24-18(23-16)27(6)15-9-12-21-3;1-19-7-4-10-22-16-13-17(23-11-5-8-20-2)15-18(14-16)24-12-6-9-21-3;1-15-11-5-12(16-2)8-13(6-11,17-3)10-14(7-11,9-12)18-4;1-4-5-8-13(9-6-11-2)10-7-12-3;1-10-5-9(6-11-2,7-12-3)8-13-4;1-10-7-4-8(11-2)6-9(5-7)12-3;1-8-4-7(5-9-2)6-10-3;;/h16-18,22-24H,4-15H2,1-3H3;19-21H,7-15H2,1-6H3;13-15,19-21H,4-12H2,1-3H3;15-18H,5-10H2,1-4H3;11-12H,4-10H2,1-3H3;10-13H,5-8H2,1-4H3;7-12H,4-6H2,1-3H3;7-10H,4-6H2,1-3H3;2*1H4. The third-order valence-corrected chi connectivity index (χ3v) is 29.9. The first-order chi connectivity index (χ1) is 71.2. The van der Waals surface area contributed by atoms with Gasteiger partial charge in [0.25, 0.3) is 0 Å². The Morgan fingerprint density at radius 1 is 0.302 bits per heavy atom. The van der Waals surface area contributed by atoms with Gasteiger partial charge in [-0.15, -0.1) is 0 Å². The van der Waals surface area contributed by atoms with E-state index in [1.54, 1.807) is 0 Å². The van der Waals surface area contributed by atoms with E-state index in [1.807, 2.05) is 145 Å². The van der Waals surface area contributed by atoms with Gasteiger partial charge in [-0.25, -0.2) is 0 Å². The van der Waals surface area contributed by atoms with Crippen molar-refractivity contribution in [3.8, 4) is 17.2 Å². The van der Waals surface area contributed by atoms with Gasteiger partial charge < -0.3 is 181 Å². The summed E-state index contributed by atoms with van der Waals surface area (Å²) in [6.07, 6.45) is 26.8. The van der Waals surface area contributed by atoms with Crippen LogP contribution in [0.5, 0.6) is 17.2 Å². The smallest absolute Gasteiger partial charge is 0.231 e. The second-order valence-electron chi connectivity index (χ2n) is 41.7. The number of benzene rings is 1. The van der Waals surface area contributed by atoms with Gasteiger partial charge in [-0.1, -0.05) is 28.2 Å². The maximum atomic E-state index is 5.82. The number of rotatable bonds is 66. The van der Waals surface area contributed by atoms with E-state index in [0.717, 1.165) is 300 Å². The summed E-state index contributed by atoms with van der Waals surface area (Å²) in [6.45, 7) is 31.7. The van der Waals surface area contributed by atoms with Crippen LogP contribution >= 0.6 is 0 Å². The molecule has 149 heavy (non-hydrogen) atoms. The number of hydrogen-bond donors (Lipinski definition) is 25. The summed E-state index contributed by atoms with van der Waals surface area (Å²) in [4.78, 5) is 44.9. The molecule has 11 rings (SSSR count). The molecule has 41 heteroatoms. The van der Waals surface area contributed by atoms with Crippen molar-refractivity contribution in [2.75, 3.05) is 423 Å². The van der Waals surface area contributed by atoms with Gasteiger partial charge in [0.1, 0.15) is 17.2 Å². The fourth-order valence-corrected chi connectivity index (χ4v) is 21.6. The molecule has 8 fully saturated rings. The van der Waals surface area contributed by atoms with Crippen molar-refractivity contribution < 1.29 is 14.2 Å². The van der Waals surface area contributed by atoms with Gasteiger partial charge >= 0.3 is 0 Å². The van der Waals surface area contributed by atoms with Gasteiger partial charge in [0.15, 0.2) is 0 Å². The van der Waals surface area contributed by atoms with Crippen LogP contribution in [0.3, 0.4) is 0 Å². The van der Waals surface area contributed by atoms with E-state index in [0.29, 0.717) is 84.1 Å². The summed E-state index contributed by atoms with van der Waals surface area (Å²) < 4.78 is 17.5. The zero-order valence-corrected chi connectivity index (χ0v) is 98.8. The zero-order valence-electron chi connectivity index (χ0n) is 98.8. The Balaban J connectivity index is 0.000000873. The van der Waals surface area contributed by atoms with E-state index in [-0.39, 0.29) is 20.3 Å². The van der Waals surface area contributed by atoms with Crippen LogP contribution in [0.25, 0.3) is 0 Å². The summed E-state index contributed by atoms with van der Waals surface area (Å²) >= 11 is 0. The van der Waals surface area contributed by atoms with Crippen molar-refractivity contribution in [3.05, 3.63) is 18.2 Å².